The van der Waals surface area contributed by atoms with E-state index in [9.17, 15) is 17.6 Å². The molecule has 14 heavy (non-hydrogen) atoms. The van der Waals surface area contributed by atoms with Crippen LogP contribution in [0.2, 0.25) is 0 Å². The van der Waals surface area contributed by atoms with E-state index in [0.717, 1.165) is 0 Å². The normalized spacial score (nSPS) is 13.0. The van der Waals surface area contributed by atoms with Gasteiger partial charge in [0, 0.05) is 17.7 Å². The molecule has 5 heteroatoms. The molecule has 0 amide bonds. The Labute approximate surface area is 78.5 Å². The lowest BCUT2D eigenvalue weighted by atomic mass is 10.0. The highest BCUT2D eigenvalue weighted by Crippen LogP contribution is 2.24. The topological polar surface area (TPSA) is 26.0 Å². The maximum absolute atomic E-state index is 13.0. The van der Waals surface area contributed by atoms with E-state index in [2.05, 4.69) is 0 Å². The first-order valence-electron chi connectivity index (χ1n) is 4.07. The minimum absolute atomic E-state index is 0.235. The third kappa shape index (κ3) is 1.72. The lowest BCUT2D eigenvalue weighted by Crippen LogP contribution is -2.15. The van der Waals surface area contributed by atoms with Gasteiger partial charge < -0.3 is 5.73 Å². The summed E-state index contributed by atoms with van der Waals surface area (Å²) in [4.78, 5) is 0. The SMILES string of the molecule is CCC(N)c1c(F)cc(F)c(F)c1F. The molecule has 1 rings (SSSR count). The summed E-state index contributed by atoms with van der Waals surface area (Å²) in [7, 11) is 0. The molecule has 0 bridgehead atoms. The van der Waals surface area contributed by atoms with E-state index in [1.165, 1.54) is 0 Å². The molecule has 1 unspecified atom stereocenters. The highest BCUT2D eigenvalue weighted by molar-refractivity contribution is 5.25. The van der Waals surface area contributed by atoms with Gasteiger partial charge >= 0.3 is 0 Å². The zero-order valence-corrected chi connectivity index (χ0v) is 7.45. The van der Waals surface area contributed by atoms with Crippen molar-refractivity contribution in [3.05, 3.63) is 34.9 Å². The highest BCUT2D eigenvalue weighted by Gasteiger charge is 2.22. The number of rotatable bonds is 2. The summed E-state index contributed by atoms with van der Waals surface area (Å²) in [5.41, 5.74) is 4.74. The largest absolute Gasteiger partial charge is 0.324 e. The van der Waals surface area contributed by atoms with Crippen LogP contribution in [0.3, 0.4) is 0 Å². The van der Waals surface area contributed by atoms with Crippen LogP contribution in [-0.2, 0) is 0 Å². The molecule has 1 aromatic carbocycles. The molecule has 0 spiro atoms. The van der Waals surface area contributed by atoms with E-state index in [1.54, 1.807) is 6.92 Å². The van der Waals surface area contributed by atoms with Gasteiger partial charge in [-0.1, -0.05) is 6.92 Å². The van der Waals surface area contributed by atoms with Crippen molar-refractivity contribution in [1.29, 1.82) is 0 Å². The average Bonchev–Trinajstić information content (AvgIpc) is 2.14. The van der Waals surface area contributed by atoms with Crippen molar-refractivity contribution in [2.24, 2.45) is 5.73 Å². The van der Waals surface area contributed by atoms with E-state index >= 15 is 0 Å². The fraction of sp³-hybridized carbons (Fsp3) is 0.333. The van der Waals surface area contributed by atoms with Crippen molar-refractivity contribution in [3.63, 3.8) is 0 Å². The fourth-order valence-corrected chi connectivity index (χ4v) is 1.12. The molecule has 1 nitrogen and oxygen atoms in total. The smallest absolute Gasteiger partial charge is 0.194 e. The second-order valence-corrected chi connectivity index (χ2v) is 2.90. The Morgan fingerprint density at radius 2 is 1.71 bits per heavy atom. The van der Waals surface area contributed by atoms with Crippen molar-refractivity contribution in [2.45, 2.75) is 19.4 Å². The van der Waals surface area contributed by atoms with Crippen LogP contribution in [-0.4, -0.2) is 0 Å². The van der Waals surface area contributed by atoms with Crippen LogP contribution < -0.4 is 5.73 Å². The van der Waals surface area contributed by atoms with E-state index in [4.69, 9.17) is 5.73 Å². The van der Waals surface area contributed by atoms with Crippen molar-refractivity contribution >= 4 is 0 Å². The van der Waals surface area contributed by atoms with Gasteiger partial charge in [0.25, 0.3) is 0 Å². The molecule has 1 aromatic rings. The van der Waals surface area contributed by atoms with Crippen molar-refractivity contribution in [2.75, 3.05) is 0 Å². The molecule has 0 aromatic heterocycles. The van der Waals surface area contributed by atoms with Gasteiger partial charge in [-0.25, -0.2) is 17.6 Å². The average molecular weight is 207 g/mol. The Morgan fingerprint density at radius 3 is 2.21 bits per heavy atom. The summed E-state index contributed by atoms with van der Waals surface area (Å²) < 4.78 is 51.2. The Bertz CT molecular complexity index is 351. The number of hydrogen-bond donors (Lipinski definition) is 1. The van der Waals surface area contributed by atoms with Crippen LogP contribution in [0, 0.1) is 23.3 Å². The van der Waals surface area contributed by atoms with Gasteiger partial charge in [0.1, 0.15) is 5.82 Å². The summed E-state index contributed by atoms with van der Waals surface area (Å²) in [6.45, 7) is 1.59. The maximum atomic E-state index is 13.0. The molecule has 0 aliphatic rings. The van der Waals surface area contributed by atoms with Crippen LogP contribution in [0.4, 0.5) is 17.6 Å². The first kappa shape index (κ1) is 11.0. The number of nitrogens with two attached hydrogens (primary N) is 1. The molecule has 0 aliphatic heterocycles. The maximum Gasteiger partial charge on any atom is 0.194 e. The number of halogens is 4. The summed E-state index contributed by atoms with van der Waals surface area (Å²) in [6, 6.07) is -0.673. The lowest BCUT2D eigenvalue weighted by Gasteiger charge is -2.12. The molecule has 0 heterocycles. The van der Waals surface area contributed by atoms with Crippen LogP contribution >= 0.6 is 0 Å². The predicted octanol–water partition coefficient (Wildman–Crippen LogP) is 2.65. The van der Waals surface area contributed by atoms with Gasteiger partial charge in [-0.2, -0.15) is 0 Å². The molecule has 1 atom stereocenters. The van der Waals surface area contributed by atoms with Crippen LogP contribution in [0.1, 0.15) is 24.9 Å². The van der Waals surface area contributed by atoms with Crippen molar-refractivity contribution < 1.29 is 17.6 Å². The predicted molar refractivity (Wildman–Crippen MR) is 43.5 cm³/mol. The van der Waals surface area contributed by atoms with Gasteiger partial charge in [0.05, 0.1) is 0 Å². The van der Waals surface area contributed by atoms with E-state index in [-0.39, 0.29) is 6.42 Å². The van der Waals surface area contributed by atoms with Gasteiger partial charge in [0.2, 0.25) is 0 Å². The molecule has 78 valence electrons. The van der Waals surface area contributed by atoms with Gasteiger partial charge in [-0.3, -0.25) is 0 Å². The summed E-state index contributed by atoms with van der Waals surface area (Å²) in [6.07, 6.45) is 0.235. The second-order valence-electron chi connectivity index (χ2n) is 2.90. The van der Waals surface area contributed by atoms with Crippen LogP contribution in [0.15, 0.2) is 6.07 Å². The monoisotopic (exact) mass is 207 g/mol. The molecule has 0 saturated carbocycles. The molecular weight excluding hydrogens is 198 g/mol. The van der Waals surface area contributed by atoms with E-state index < -0.39 is 34.9 Å². The Morgan fingerprint density at radius 1 is 1.14 bits per heavy atom. The minimum Gasteiger partial charge on any atom is -0.324 e. The quantitative estimate of drug-likeness (QED) is 0.450. The van der Waals surface area contributed by atoms with E-state index in [0.29, 0.717) is 6.07 Å². The van der Waals surface area contributed by atoms with Crippen molar-refractivity contribution in [1.82, 2.24) is 0 Å². The molecule has 2 N–H and O–H groups in total. The minimum atomic E-state index is -1.69. The van der Waals surface area contributed by atoms with Gasteiger partial charge in [-0.15, -0.1) is 0 Å². The van der Waals surface area contributed by atoms with Crippen molar-refractivity contribution in [3.8, 4) is 0 Å². The summed E-state index contributed by atoms with van der Waals surface area (Å²) in [5, 5.41) is 0. The third-order valence-corrected chi connectivity index (χ3v) is 1.96. The van der Waals surface area contributed by atoms with Crippen LogP contribution in [0.5, 0.6) is 0 Å². The first-order chi connectivity index (χ1) is 6.49. The molecule has 0 fully saturated rings. The fourth-order valence-electron chi connectivity index (χ4n) is 1.12. The Hall–Kier alpha value is -1.10. The molecule has 0 aliphatic carbocycles. The first-order valence-corrected chi connectivity index (χ1v) is 4.07. The zero-order valence-electron chi connectivity index (χ0n) is 7.45. The molecular formula is C9H9F4N. The lowest BCUT2D eigenvalue weighted by molar-refractivity contribution is 0.415. The Kier molecular flexibility index (Phi) is 3.10. The number of hydrogen-bond acceptors (Lipinski definition) is 1. The van der Waals surface area contributed by atoms with Gasteiger partial charge in [-0.05, 0) is 6.42 Å². The molecule has 0 saturated heterocycles. The second kappa shape index (κ2) is 3.96. The standard InChI is InChI=1S/C9H9F4N/c1-2-6(14)7-4(10)3-5(11)8(12)9(7)13/h3,6H,2,14H2,1H3. The summed E-state index contributed by atoms with van der Waals surface area (Å²) in [5.74, 6) is -5.94. The number of benzene rings is 1. The van der Waals surface area contributed by atoms with E-state index in [1.807, 2.05) is 0 Å². The zero-order chi connectivity index (χ0) is 10.9. The third-order valence-electron chi connectivity index (χ3n) is 1.96. The molecule has 0 radical (unpaired) electrons. The highest BCUT2D eigenvalue weighted by atomic mass is 19.2. The van der Waals surface area contributed by atoms with Crippen LogP contribution in [0.25, 0.3) is 0 Å². The summed E-state index contributed by atoms with van der Waals surface area (Å²) >= 11 is 0. The Balaban J connectivity index is 3.36. The van der Waals surface area contributed by atoms with Gasteiger partial charge in [0.15, 0.2) is 17.5 Å².